The number of aliphatic imine (C=N–C) groups is 1. The van der Waals surface area contributed by atoms with Crippen molar-refractivity contribution in [3.05, 3.63) is 58.5 Å². The van der Waals surface area contributed by atoms with Crippen molar-refractivity contribution in [1.29, 1.82) is 0 Å². The minimum atomic E-state index is -0.0620. The Labute approximate surface area is 176 Å². The van der Waals surface area contributed by atoms with E-state index in [0.717, 1.165) is 29.7 Å². The number of hydrogen-bond donors (Lipinski definition) is 0. The van der Waals surface area contributed by atoms with Crippen molar-refractivity contribution in [3.8, 4) is 11.5 Å². The van der Waals surface area contributed by atoms with Crippen LogP contribution in [0.25, 0.3) is 6.08 Å². The topological polar surface area (TPSA) is 51.1 Å². The number of likely N-dealkylation sites (N-methyl/N-ethyl adjacent to an activating group) is 1. The maximum atomic E-state index is 12.7. The summed E-state index contributed by atoms with van der Waals surface area (Å²) < 4.78 is 11.1. The Kier molecular flexibility index (Phi) is 6.99. The molecule has 6 heteroatoms. The first kappa shape index (κ1) is 21.0. The van der Waals surface area contributed by atoms with Gasteiger partial charge < -0.3 is 9.47 Å². The van der Waals surface area contributed by atoms with E-state index < -0.39 is 0 Å². The number of carbonyl (C=O) groups excluding carboxylic acids is 1. The van der Waals surface area contributed by atoms with Gasteiger partial charge in [0, 0.05) is 7.05 Å². The Balaban J connectivity index is 1.87. The van der Waals surface area contributed by atoms with E-state index in [9.17, 15) is 4.79 Å². The summed E-state index contributed by atoms with van der Waals surface area (Å²) in [6.07, 6.45) is 3.68. The van der Waals surface area contributed by atoms with Crippen LogP contribution in [0.3, 0.4) is 0 Å². The third kappa shape index (κ3) is 4.82. The van der Waals surface area contributed by atoms with Crippen LogP contribution in [0.2, 0.25) is 0 Å². The molecule has 2 aromatic carbocycles. The fourth-order valence-corrected chi connectivity index (χ4v) is 3.91. The van der Waals surface area contributed by atoms with Crippen molar-refractivity contribution >= 4 is 34.6 Å². The lowest BCUT2D eigenvalue weighted by Crippen LogP contribution is -2.23. The van der Waals surface area contributed by atoms with Crippen LogP contribution < -0.4 is 9.47 Å². The molecular weight excluding hydrogens is 384 g/mol. The highest BCUT2D eigenvalue weighted by atomic mass is 32.2. The minimum absolute atomic E-state index is 0.0620. The minimum Gasteiger partial charge on any atom is -0.493 e. The molecule has 0 aliphatic carbocycles. The number of benzene rings is 2. The molecule has 29 heavy (non-hydrogen) atoms. The van der Waals surface area contributed by atoms with E-state index >= 15 is 0 Å². The first-order valence-corrected chi connectivity index (χ1v) is 10.5. The average Bonchev–Trinajstić information content (AvgIpc) is 3.00. The molecule has 0 N–H and O–H groups in total. The Hall–Kier alpha value is -2.73. The molecule has 0 atom stereocenters. The van der Waals surface area contributed by atoms with Gasteiger partial charge in [-0.2, -0.15) is 0 Å². The standard InChI is InChI=1S/C23H26N2O3S/c1-5-13-28-19-12-11-16(14-20(19)27-4)15-21-22(26)25(3)23(29-21)24-18-10-8-7-9-17(18)6-2/h7-12,14-15H,5-6,13H2,1-4H3/b21-15+,24-23?. The largest absolute Gasteiger partial charge is 0.493 e. The maximum absolute atomic E-state index is 12.7. The molecule has 2 aromatic rings. The molecule has 0 saturated carbocycles. The summed E-state index contributed by atoms with van der Waals surface area (Å²) in [4.78, 5) is 19.7. The number of para-hydroxylation sites is 1. The van der Waals surface area contributed by atoms with Crippen LogP contribution in [0.1, 0.15) is 31.4 Å². The Morgan fingerprint density at radius 1 is 1.14 bits per heavy atom. The van der Waals surface area contributed by atoms with Crippen molar-refractivity contribution < 1.29 is 14.3 Å². The molecule has 5 nitrogen and oxygen atoms in total. The number of rotatable bonds is 7. The third-order valence-electron chi connectivity index (χ3n) is 4.54. The Morgan fingerprint density at radius 3 is 2.66 bits per heavy atom. The van der Waals surface area contributed by atoms with Crippen molar-refractivity contribution in [3.63, 3.8) is 0 Å². The number of amidine groups is 1. The van der Waals surface area contributed by atoms with Gasteiger partial charge in [-0.1, -0.05) is 38.1 Å². The smallest absolute Gasteiger partial charge is 0.266 e. The van der Waals surface area contributed by atoms with Crippen molar-refractivity contribution in [2.75, 3.05) is 20.8 Å². The van der Waals surface area contributed by atoms with E-state index in [0.29, 0.717) is 28.2 Å². The van der Waals surface area contributed by atoms with Gasteiger partial charge >= 0.3 is 0 Å². The lowest BCUT2D eigenvalue weighted by molar-refractivity contribution is -0.121. The summed E-state index contributed by atoms with van der Waals surface area (Å²) in [7, 11) is 3.37. The van der Waals surface area contributed by atoms with E-state index in [1.54, 1.807) is 19.1 Å². The molecule has 0 aromatic heterocycles. The van der Waals surface area contributed by atoms with Gasteiger partial charge in [0.25, 0.3) is 5.91 Å². The van der Waals surface area contributed by atoms with Gasteiger partial charge in [-0.25, -0.2) is 4.99 Å². The van der Waals surface area contributed by atoms with E-state index in [-0.39, 0.29) is 5.91 Å². The van der Waals surface area contributed by atoms with Gasteiger partial charge in [-0.3, -0.25) is 9.69 Å². The summed E-state index contributed by atoms with van der Waals surface area (Å²) in [5, 5.41) is 0.678. The zero-order chi connectivity index (χ0) is 20.8. The molecule has 152 valence electrons. The summed E-state index contributed by atoms with van der Waals surface area (Å²) in [5.41, 5.74) is 2.94. The molecule has 1 fully saturated rings. The van der Waals surface area contributed by atoms with E-state index in [1.807, 2.05) is 42.5 Å². The molecule has 1 aliphatic heterocycles. The van der Waals surface area contributed by atoms with E-state index in [4.69, 9.17) is 14.5 Å². The molecule has 0 unspecified atom stereocenters. The SMILES string of the molecule is CCCOc1ccc(/C=C2/SC(=Nc3ccccc3CC)N(C)C2=O)cc1OC. The summed E-state index contributed by atoms with van der Waals surface area (Å²) in [6, 6.07) is 13.7. The second kappa shape index (κ2) is 9.65. The second-order valence-electron chi connectivity index (χ2n) is 6.61. The molecule has 0 bridgehead atoms. The highest BCUT2D eigenvalue weighted by Gasteiger charge is 2.30. The monoisotopic (exact) mass is 410 g/mol. The quantitative estimate of drug-likeness (QED) is 0.583. The maximum Gasteiger partial charge on any atom is 0.266 e. The number of ether oxygens (including phenoxy) is 2. The molecule has 1 saturated heterocycles. The number of aryl methyl sites for hydroxylation is 1. The molecule has 3 rings (SSSR count). The van der Waals surface area contributed by atoms with Gasteiger partial charge in [0.05, 0.1) is 24.3 Å². The molecule has 0 spiro atoms. The highest BCUT2D eigenvalue weighted by molar-refractivity contribution is 8.18. The number of hydrogen-bond acceptors (Lipinski definition) is 5. The Morgan fingerprint density at radius 2 is 1.93 bits per heavy atom. The van der Waals surface area contributed by atoms with Gasteiger partial charge in [-0.15, -0.1) is 0 Å². The molecular formula is C23H26N2O3S. The van der Waals surface area contributed by atoms with Crippen LogP contribution in [0, 0.1) is 0 Å². The summed E-state index contributed by atoms with van der Waals surface area (Å²) in [6.45, 7) is 4.79. The molecule has 1 amide bonds. The average molecular weight is 411 g/mol. The van der Waals surface area contributed by atoms with Crippen LogP contribution in [0.4, 0.5) is 5.69 Å². The number of carbonyl (C=O) groups is 1. The van der Waals surface area contributed by atoms with Gasteiger partial charge in [0.15, 0.2) is 16.7 Å². The van der Waals surface area contributed by atoms with Crippen LogP contribution in [0.5, 0.6) is 11.5 Å². The predicted octanol–water partition coefficient (Wildman–Crippen LogP) is 5.28. The van der Waals surface area contributed by atoms with Crippen LogP contribution >= 0.6 is 11.8 Å². The van der Waals surface area contributed by atoms with E-state index in [2.05, 4.69) is 19.9 Å². The molecule has 1 heterocycles. The van der Waals surface area contributed by atoms with Gasteiger partial charge in [0.1, 0.15) is 0 Å². The second-order valence-corrected chi connectivity index (χ2v) is 7.62. The summed E-state index contributed by atoms with van der Waals surface area (Å²) >= 11 is 1.38. The lowest BCUT2D eigenvalue weighted by atomic mass is 10.1. The van der Waals surface area contributed by atoms with Gasteiger partial charge in [0.2, 0.25) is 0 Å². The zero-order valence-corrected chi connectivity index (χ0v) is 18.1. The predicted molar refractivity (Wildman–Crippen MR) is 120 cm³/mol. The van der Waals surface area contributed by atoms with Crippen molar-refractivity contribution in [2.45, 2.75) is 26.7 Å². The summed E-state index contributed by atoms with van der Waals surface area (Å²) in [5.74, 6) is 1.30. The fraction of sp³-hybridized carbons (Fsp3) is 0.304. The number of nitrogens with zero attached hydrogens (tertiary/aromatic N) is 2. The normalized spacial score (nSPS) is 16.7. The van der Waals surface area contributed by atoms with Crippen molar-refractivity contribution in [1.82, 2.24) is 4.90 Å². The lowest BCUT2D eigenvalue weighted by Gasteiger charge is -2.10. The van der Waals surface area contributed by atoms with Crippen molar-refractivity contribution in [2.24, 2.45) is 4.99 Å². The number of amides is 1. The number of thioether (sulfide) groups is 1. The first-order chi connectivity index (χ1) is 14.1. The van der Waals surface area contributed by atoms with Crippen LogP contribution in [0.15, 0.2) is 52.4 Å². The van der Waals surface area contributed by atoms with Crippen LogP contribution in [-0.4, -0.2) is 36.7 Å². The highest BCUT2D eigenvalue weighted by Crippen LogP contribution is 2.35. The third-order valence-corrected chi connectivity index (χ3v) is 5.60. The van der Waals surface area contributed by atoms with E-state index in [1.165, 1.54) is 11.8 Å². The number of methoxy groups -OCH3 is 1. The molecule has 1 aliphatic rings. The van der Waals surface area contributed by atoms with Crippen LogP contribution in [-0.2, 0) is 11.2 Å². The Bertz CT molecular complexity index is 953. The zero-order valence-electron chi connectivity index (χ0n) is 17.3. The fourth-order valence-electron chi connectivity index (χ4n) is 2.93. The van der Waals surface area contributed by atoms with Gasteiger partial charge in [-0.05, 0) is 60.0 Å². The molecule has 0 radical (unpaired) electrons. The first-order valence-electron chi connectivity index (χ1n) is 9.72.